The highest BCUT2D eigenvalue weighted by atomic mass is 35.5. The van der Waals surface area contributed by atoms with E-state index in [9.17, 15) is 4.79 Å². The van der Waals surface area contributed by atoms with Crippen molar-refractivity contribution in [2.75, 3.05) is 6.54 Å². The summed E-state index contributed by atoms with van der Waals surface area (Å²) in [6.45, 7) is 5.22. The van der Waals surface area contributed by atoms with E-state index in [1.54, 1.807) is 12.1 Å². The van der Waals surface area contributed by atoms with E-state index in [4.69, 9.17) is 33.2 Å². The topological polar surface area (TPSA) is 59.0 Å². The van der Waals surface area contributed by atoms with E-state index in [2.05, 4.69) is 18.8 Å². The van der Waals surface area contributed by atoms with E-state index >= 15 is 0 Å². The highest BCUT2D eigenvalue weighted by Gasteiger charge is 2.27. The summed E-state index contributed by atoms with van der Waals surface area (Å²) in [6.07, 6.45) is 2.20. The number of pyridine rings is 1. The van der Waals surface area contributed by atoms with Crippen molar-refractivity contribution in [1.82, 2.24) is 19.9 Å². The highest BCUT2D eigenvalue weighted by molar-refractivity contribution is 6.30. The van der Waals surface area contributed by atoms with Gasteiger partial charge in [0, 0.05) is 47.8 Å². The van der Waals surface area contributed by atoms with Crippen LogP contribution in [0.4, 0.5) is 0 Å². The molecule has 0 fully saturated rings. The quantitative estimate of drug-likeness (QED) is 0.542. The molecule has 0 saturated carbocycles. The molecule has 1 aliphatic heterocycles. The molecule has 29 heavy (non-hydrogen) atoms. The molecule has 0 N–H and O–H groups in total. The van der Waals surface area contributed by atoms with Gasteiger partial charge >= 0.3 is 0 Å². The predicted octanol–water partition coefficient (Wildman–Crippen LogP) is 5.17. The number of nitrogens with zero attached hydrogens (tertiary/aromatic N) is 4. The van der Waals surface area contributed by atoms with Gasteiger partial charge in [-0.15, -0.1) is 0 Å². The summed E-state index contributed by atoms with van der Waals surface area (Å²) in [4.78, 5) is 28.4. The molecule has 3 aromatic rings. The van der Waals surface area contributed by atoms with Gasteiger partial charge < -0.3 is 4.90 Å². The fourth-order valence-corrected chi connectivity index (χ4v) is 3.63. The number of carbonyl (C=O) groups is 1. The molecule has 0 radical (unpaired) electrons. The Morgan fingerprint density at radius 3 is 2.48 bits per heavy atom. The molecule has 4 rings (SSSR count). The second-order valence-electron chi connectivity index (χ2n) is 7.36. The van der Waals surface area contributed by atoms with E-state index in [1.807, 2.05) is 29.2 Å². The number of fused-ring (bicyclic) bond motifs is 1. The van der Waals surface area contributed by atoms with E-state index in [-0.39, 0.29) is 11.8 Å². The molecule has 0 aliphatic carbocycles. The van der Waals surface area contributed by atoms with E-state index in [0.717, 1.165) is 28.3 Å². The average molecular weight is 427 g/mol. The molecule has 1 aromatic carbocycles. The van der Waals surface area contributed by atoms with Crippen molar-refractivity contribution < 1.29 is 4.79 Å². The lowest BCUT2D eigenvalue weighted by Crippen LogP contribution is -2.37. The molecule has 2 aromatic heterocycles. The van der Waals surface area contributed by atoms with Crippen LogP contribution in [0.2, 0.25) is 10.2 Å². The van der Waals surface area contributed by atoms with Gasteiger partial charge in [0.15, 0.2) is 0 Å². The summed E-state index contributed by atoms with van der Waals surface area (Å²) in [5.74, 6) is 0.955. The monoisotopic (exact) mass is 426 g/mol. The van der Waals surface area contributed by atoms with Crippen LogP contribution in [0.5, 0.6) is 0 Å². The molecule has 0 saturated heterocycles. The molecule has 1 aliphatic rings. The molecule has 148 valence electrons. The van der Waals surface area contributed by atoms with Crippen molar-refractivity contribution in [1.29, 1.82) is 0 Å². The van der Waals surface area contributed by atoms with Gasteiger partial charge in [-0.1, -0.05) is 49.2 Å². The Hall–Kier alpha value is -2.50. The zero-order chi connectivity index (χ0) is 20.5. The normalized spacial score (nSPS) is 13.5. The minimum Gasteiger partial charge on any atom is -0.334 e. The number of carbonyl (C=O) groups excluding carboxylic acids is 1. The van der Waals surface area contributed by atoms with Gasteiger partial charge in [-0.05, 0) is 24.3 Å². The standard InChI is InChI=1S/C22H20Cl2N4O/c1-13(2)21-26-18-9-10-28(22(29)15-5-8-19(24)25-11-15)12-17(18)20(27-21)14-3-6-16(23)7-4-14/h3-8,11,13H,9-10,12H2,1-2H3. The minimum atomic E-state index is -0.0743. The first kappa shape index (κ1) is 19.8. The Morgan fingerprint density at radius 1 is 1.07 bits per heavy atom. The Labute approximate surface area is 179 Å². The molecular weight excluding hydrogens is 407 g/mol. The molecule has 3 heterocycles. The fraction of sp³-hybridized carbons (Fsp3) is 0.273. The SMILES string of the molecule is CC(C)c1nc2c(c(-c3ccc(Cl)cc3)n1)CN(C(=O)c1ccc(Cl)nc1)CC2. The summed E-state index contributed by atoms with van der Waals surface area (Å²) < 4.78 is 0. The third-order valence-corrected chi connectivity index (χ3v) is 5.45. The van der Waals surface area contributed by atoms with Gasteiger partial charge in [0.05, 0.1) is 17.0 Å². The number of hydrogen-bond donors (Lipinski definition) is 0. The van der Waals surface area contributed by atoms with E-state index in [0.29, 0.717) is 35.2 Å². The van der Waals surface area contributed by atoms with Crippen LogP contribution in [0.25, 0.3) is 11.3 Å². The van der Waals surface area contributed by atoms with Crippen LogP contribution in [-0.2, 0) is 13.0 Å². The van der Waals surface area contributed by atoms with Gasteiger partial charge in [-0.25, -0.2) is 15.0 Å². The molecule has 0 bridgehead atoms. The number of aromatic nitrogens is 3. The summed E-state index contributed by atoms with van der Waals surface area (Å²) in [5, 5.41) is 1.04. The average Bonchev–Trinajstić information content (AvgIpc) is 2.73. The van der Waals surface area contributed by atoms with Crippen molar-refractivity contribution in [3.63, 3.8) is 0 Å². The first-order valence-corrected chi connectivity index (χ1v) is 10.2. The highest BCUT2D eigenvalue weighted by Crippen LogP contribution is 2.31. The number of amides is 1. The maximum atomic E-state index is 13.0. The van der Waals surface area contributed by atoms with Crippen LogP contribution in [0.1, 0.15) is 47.2 Å². The Balaban J connectivity index is 1.73. The Kier molecular flexibility index (Phi) is 5.52. The van der Waals surface area contributed by atoms with Gasteiger partial charge in [-0.3, -0.25) is 4.79 Å². The first-order chi connectivity index (χ1) is 13.9. The third kappa shape index (κ3) is 4.11. The van der Waals surface area contributed by atoms with Crippen molar-refractivity contribution in [2.24, 2.45) is 0 Å². The summed E-state index contributed by atoms with van der Waals surface area (Å²) in [5.41, 5.74) is 4.34. The predicted molar refractivity (Wildman–Crippen MR) is 114 cm³/mol. The molecule has 0 atom stereocenters. The molecule has 1 amide bonds. The van der Waals surface area contributed by atoms with Crippen LogP contribution < -0.4 is 0 Å². The molecule has 0 unspecified atom stereocenters. The van der Waals surface area contributed by atoms with Crippen LogP contribution in [0.3, 0.4) is 0 Å². The molecule has 0 spiro atoms. The minimum absolute atomic E-state index is 0.0743. The number of benzene rings is 1. The second kappa shape index (κ2) is 8.09. The maximum absolute atomic E-state index is 13.0. The number of rotatable bonds is 3. The number of hydrogen-bond acceptors (Lipinski definition) is 4. The van der Waals surface area contributed by atoms with E-state index in [1.165, 1.54) is 6.20 Å². The smallest absolute Gasteiger partial charge is 0.255 e. The van der Waals surface area contributed by atoms with Crippen LogP contribution >= 0.6 is 23.2 Å². The van der Waals surface area contributed by atoms with Crippen molar-refractivity contribution >= 4 is 29.1 Å². The second-order valence-corrected chi connectivity index (χ2v) is 8.19. The van der Waals surface area contributed by atoms with Crippen molar-refractivity contribution in [2.45, 2.75) is 32.7 Å². The van der Waals surface area contributed by atoms with Crippen LogP contribution in [-0.4, -0.2) is 32.3 Å². The summed E-state index contributed by atoms with van der Waals surface area (Å²) in [6, 6.07) is 10.9. The Bertz CT molecular complexity index is 1050. The van der Waals surface area contributed by atoms with Crippen molar-refractivity contribution in [3.8, 4) is 11.3 Å². The van der Waals surface area contributed by atoms with Crippen molar-refractivity contribution in [3.05, 3.63) is 75.4 Å². The lowest BCUT2D eigenvalue weighted by atomic mass is 9.98. The third-order valence-electron chi connectivity index (χ3n) is 4.97. The summed E-state index contributed by atoms with van der Waals surface area (Å²) >= 11 is 11.9. The van der Waals surface area contributed by atoms with Gasteiger partial charge in [0.25, 0.3) is 5.91 Å². The fourth-order valence-electron chi connectivity index (χ4n) is 3.40. The number of halogens is 2. The van der Waals surface area contributed by atoms with Gasteiger partial charge in [0.1, 0.15) is 11.0 Å². The van der Waals surface area contributed by atoms with Gasteiger partial charge in [0.2, 0.25) is 0 Å². The van der Waals surface area contributed by atoms with Gasteiger partial charge in [-0.2, -0.15) is 0 Å². The lowest BCUT2D eigenvalue weighted by Gasteiger charge is -2.30. The molecule has 5 nitrogen and oxygen atoms in total. The molecule has 7 heteroatoms. The van der Waals surface area contributed by atoms with Crippen LogP contribution in [0, 0.1) is 0 Å². The van der Waals surface area contributed by atoms with Crippen LogP contribution in [0.15, 0.2) is 42.6 Å². The molecular formula is C22H20Cl2N4O. The first-order valence-electron chi connectivity index (χ1n) is 9.49. The van der Waals surface area contributed by atoms with E-state index < -0.39 is 0 Å². The zero-order valence-electron chi connectivity index (χ0n) is 16.2. The maximum Gasteiger partial charge on any atom is 0.255 e. The zero-order valence-corrected chi connectivity index (χ0v) is 17.7. The lowest BCUT2D eigenvalue weighted by molar-refractivity contribution is 0.0733. The summed E-state index contributed by atoms with van der Waals surface area (Å²) in [7, 11) is 0. The largest absolute Gasteiger partial charge is 0.334 e. The Morgan fingerprint density at radius 2 is 1.83 bits per heavy atom.